The smallest absolute Gasteiger partial charge is 0.366 e. The number of aliphatic imine (C=N–C) groups is 1. The lowest BCUT2D eigenvalue weighted by molar-refractivity contribution is -0.239. The highest BCUT2D eigenvalue weighted by Crippen LogP contribution is 2.36. The van der Waals surface area contributed by atoms with Crippen LogP contribution in [0.3, 0.4) is 0 Å². The number of carbonyl (C=O) groups is 1. The zero-order valence-corrected chi connectivity index (χ0v) is 20.5. The topological polar surface area (TPSA) is 74.2 Å². The molecule has 29 heavy (non-hydrogen) atoms. The molecule has 0 aromatic rings. The quantitative estimate of drug-likeness (QED) is 0.266. The normalized spacial score (nSPS) is 17.1. The van der Waals surface area contributed by atoms with Gasteiger partial charge < -0.3 is 14.2 Å². The molecular formula is C23H43NO5. The van der Waals surface area contributed by atoms with Gasteiger partial charge in [-0.2, -0.15) is 4.99 Å². The summed E-state index contributed by atoms with van der Waals surface area (Å²) in [6.45, 7) is 20.7. The lowest BCUT2D eigenvalue weighted by Crippen LogP contribution is -2.58. The van der Waals surface area contributed by atoms with Crippen LogP contribution in [-0.4, -0.2) is 40.7 Å². The predicted octanol–water partition coefficient (Wildman–Crippen LogP) is 5.58. The van der Waals surface area contributed by atoms with Gasteiger partial charge in [0.05, 0.1) is 11.2 Å². The molecular weight excluding hydrogens is 370 g/mol. The average Bonchev–Trinajstić information content (AvgIpc) is 2.47. The Morgan fingerprint density at radius 1 is 0.966 bits per heavy atom. The third-order valence-electron chi connectivity index (χ3n) is 3.96. The number of carbonyl (C=O) groups excluding carboxylic acids is 2. The lowest BCUT2D eigenvalue weighted by Gasteiger charge is -2.42. The zero-order valence-electron chi connectivity index (χ0n) is 20.5. The molecule has 0 saturated heterocycles. The Labute approximate surface area is 177 Å². The van der Waals surface area contributed by atoms with Crippen molar-refractivity contribution in [1.82, 2.24) is 0 Å². The van der Waals surface area contributed by atoms with Crippen LogP contribution in [0.15, 0.2) is 4.99 Å². The van der Waals surface area contributed by atoms with Crippen LogP contribution in [0.5, 0.6) is 0 Å². The second-order valence-corrected chi connectivity index (χ2v) is 10.8. The van der Waals surface area contributed by atoms with E-state index in [9.17, 15) is 9.59 Å². The number of nitrogens with zero attached hydrogens (tertiary/aromatic N) is 1. The molecule has 0 aliphatic heterocycles. The Kier molecular flexibility index (Phi) is 10.2. The minimum absolute atomic E-state index is 0.245. The molecule has 0 bridgehead atoms. The highest BCUT2D eigenvalue weighted by molar-refractivity contribution is 5.81. The number of ether oxygens (including phenoxy) is 3. The molecule has 6 nitrogen and oxygen atoms in total. The molecule has 0 N–H and O–H groups in total. The van der Waals surface area contributed by atoms with Crippen molar-refractivity contribution in [2.75, 3.05) is 0 Å². The SMILES string of the molecule is CCCCC(C)CC(OC(C)(C)C)C(N=C=O)(OC(C)(C)C)C(=O)OC(C)(C)C. The van der Waals surface area contributed by atoms with E-state index in [0.717, 1.165) is 19.3 Å². The van der Waals surface area contributed by atoms with Gasteiger partial charge >= 0.3 is 5.97 Å². The van der Waals surface area contributed by atoms with Gasteiger partial charge in [-0.3, -0.25) is 0 Å². The minimum Gasteiger partial charge on any atom is -0.456 e. The van der Waals surface area contributed by atoms with E-state index in [-0.39, 0.29) is 5.92 Å². The Morgan fingerprint density at radius 2 is 1.52 bits per heavy atom. The Bertz CT molecular complexity index is 561. The standard InChI is InChI=1S/C23H43NO5/c1-12-13-14-17(2)15-18(27-20(3,4)5)23(24-16-25,29-22(9,10)11)19(26)28-21(6,7)8/h17-18H,12-15H2,1-11H3. The number of hydrogen-bond donors (Lipinski definition) is 0. The van der Waals surface area contributed by atoms with Crippen molar-refractivity contribution < 1.29 is 23.8 Å². The van der Waals surface area contributed by atoms with E-state index >= 15 is 0 Å². The molecule has 6 heteroatoms. The van der Waals surface area contributed by atoms with Crippen LogP contribution < -0.4 is 0 Å². The molecule has 0 aliphatic carbocycles. The molecule has 0 radical (unpaired) electrons. The highest BCUT2D eigenvalue weighted by atomic mass is 16.6. The number of unbranched alkanes of at least 4 members (excludes halogenated alkanes) is 1. The first-order valence-corrected chi connectivity index (χ1v) is 10.7. The first-order chi connectivity index (χ1) is 13.0. The summed E-state index contributed by atoms with van der Waals surface area (Å²) in [6, 6.07) is 0. The van der Waals surface area contributed by atoms with Crippen LogP contribution in [0.2, 0.25) is 0 Å². The molecule has 0 amide bonds. The molecule has 0 spiro atoms. The zero-order chi connectivity index (χ0) is 23.1. The maximum absolute atomic E-state index is 13.4. The highest BCUT2D eigenvalue weighted by Gasteiger charge is 2.54. The summed E-state index contributed by atoms with van der Waals surface area (Å²) in [6.07, 6.45) is 4.37. The molecule has 0 saturated carbocycles. The molecule has 170 valence electrons. The summed E-state index contributed by atoms with van der Waals surface area (Å²) in [5.74, 6) is -0.491. The maximum atomic E-state index is 13.4. The van der Waals surface area contributed by atoms with Crippen molar-refractivity contribution in [2.24, 2.45) is 10.9 Å². The fraction of sp³-hybridized carbons (Fsp3) is 0.913. The lowest BCUT2D eigenvalue weighted by atomic mass is 9.91. The number of hydrogen-bond acceptors (Lipinski definition) is 6. The van der Waals surface area contributed by atoms with Crippen LogP contribution in [0, 0.1) is 5.92 Å². The molecule has 3 unspecified atom stereocenters. The summed E-state index contributed by atoms with van der Waals surface area (Å²) in [5, 5.41) is 0. The fourth-order valence-electron chi connectivity index (χ4n) is 3.02. The summed E-state index contributed by atoms with van der Waals surface area (Å²) in [5.41, 5.74) is -4.06. The van der Waals surface area contributed by atoms with Crippen molar-refractivity contribution in [3.63, 3.8) is 0 Å². The third-order valence-corrected chi connectivity index (χ3v) is 3.96. The van der Waals surface area contributed by atoms with Crippen molar-refractivity contribution >= 4 is 12.0 Å². The first kappa shape index (κ1) is 27.8. The second-order valence-electron chi connectivity index (χ2n) is 10.8. The Balaban J connectivity index is 6.40. The molecule has 0 aromatic heterocycles. The van der Waals surface area contributed by atoms with E-state index in [1.54, 1.807) is 47.6 Å². The van der Waals surface area contributed by atoms with E-state index in [4.69, 9.17) is 14.2 Å². The first-order valence-electron chi connectivity index (χ1n) is 10.7. The van der Waals surface area contributed by atoms with E-state index in [0.29, 0.717) is 6.42 Å². The van der Waals surface area contributed by atoms with E-state index < -0.39 is 34.6 Å². The summed E-state index contributed by atoms with van der Waals surface area (Å²) in [7, 11) is 0. The van der Waals surface area contributed by atoms with Crippen LogP contribution in [0.1, 0.15) is 102 Å². The van der Waals surface area contributed by atoms with Crippen molar-refractivity contribution in [3.05, 3.63) is 0 Å². The van der Waals surface area contributed by atoms with Gasteiger partial charge in [0.25, 0.3) is 5.72 Å². The summed E-state index contributed by atoms with van der Waals surface area (Å²) in [4.78, 5) is 28.8. The van der Waals surface area contributed by atoms with Gasteiger partial charge in [-0.25, -0.2) is 9.59 Å². The van der Waals surface area contributed by atoms with Crippen molar-refractivity contribution in [1.29, 1.82) is 0 Å². The second kappa shape index (κ2) is 10.7. The van der Waals surface area contributed by atoms with Crippen molar-refractivity contribution in [2.45, 2.75) is 130 Å². The summed E-state index contributed by atoms with van der Waals surface area (Å²) >= 11 is 0. The van der Waals surface area contributed by atoms with E-state index in [1.807, 2.05) is 20.8 Å². The van der Waals surface area contributed by atoms with Gasteiger partial charge in [-0.15, -0.1) is 0 Å². The van der Waals surface area contributed by atoms with E-state index in [1.165, 1.54) is 0 Å². The molecule has 0 aromatic carbocycles. The fourth-order valence-corrected chi connectivity index (χ4v) is 3.02. The molecule has 0 rings (SSSR count). The summed E-state index contributed by atoms with van der Waals surface area (Å²) < 4.78 is 18.1. The van der Waals surface area contributed by atoms with Crippen LogP contribution in [0.25, 0.3) is 0 Å². The number of isocyanates is 1. The average molecular weight is 414 g/mol. The largest absolute Gasteiger partial charge is 0.456 e. The van der Waals surface area contributed by atoms with Gasteiger partial charge in [-0.1, -0.05) is 33.1 Å². The number of esters is 1. The van der Waals surface area contributed by atoms with Gasteiger partial charge in [-0.05, 0) is 74.7 Å². The van der Waals surface area contributed by atoms with E-state index in [2.05, 4.69) is 18.8 Å². The molecule has 0 heterocycles. The minimum atomic E-state index is -1.93. The van der Waals surface area contributed by atoms with Gasteiger partial charge in [0.2, 0.25) is 6.08 Å². The monoisotopic (exact) mass is 413 g/mol. The Morgan fingerprint density at radius 3 is 1.90 bits per heavy atom. The van der Waals surface area contributed by atoms with Gasteiger partial charge in [0.15, 0.2) is 0 Å². The van der Waals surface area contributed by atoms with Crippen LogP contribution in [0.4, 0.5) is 0 Å². The predicted molar refractivity (Wildman–Crippen MR) is 115 cm³/mol. The Hall–Kier alpha value is -1.23. The van der Waals surface area contributed by atoms with Crippen molar-refractivity contribution in [3.8, 4) is 0 Å². The third kappa shape index (κ3) is 10.9. The van der Waals surface area contributed by atoms with Crippen LogP contribution in [-0.2, 0) is 23.8 Å². The molecule has 0 fully saturated rings. The molecule has 3 atom stereocenters. The van der Waals surface area contributed by atoms with Crippen LogP contribution >= 0.6 is 0 Å². The van der Waals surface area contributed by atoms with Gasteiger partial charge in [0, 0.05) is 0 Å². The van der Waals surface area contributed by atoms with Gasteiger partial charge in [0.1, 0.15) is 11.7 Å². The molecule has 0 aliphatic rings. The number of rotatable bonds is 10. The maximum Gasteiger partial charge on any atom is 0.366 e.